The number of hydrogen-bond acceptors (Lipinski definition) is 6. The fourth-order valence-electron chi connectivity index (χ4n) is 6.54. The molecular formula is C33H48F3N5O3. The van der Waals surface area contributed by atoms with Crippen molar-refractivity contribution in [3.63, 3.8) is 0 Å². The molecular weight excluding hydrogens is 571 g/mol. The number of aromatic hydroxyl groups is 1. The highest BCUT2D eigenvalue weighted by molar-refractivity contribution is 6.14. The molecule has 3 heterocycles. The minimum atomic E-state index is -4.54. The first-order valence-corrected chi connectivity index (χ1v) is 15.9. The van der Waals surface area contributed by atoms with E-state index in [1.165, 1.54) is 6.07 Å². The number of carbonyl (C=O) groups is 1. The molecule has 2 amide bonds. The Morgan fingerprint density at radius 1 is 1.05 bits per heavy atom. The Kier molecular flexibility index (Phi) is 11.4. The highest BCUT2D eigenvalue weighted by atomic mass is 19.4. The third-order valence-corrected chi connectivity index (χ3v) is 9.33. The van der Waals surface area contributed by atoms with E-state index in [4.69, 9.17) is 0 Å². The predicted molar refractivity (Wildman–Crippen MR) is 167 cm³/mol. The Balaban J connectivity index is 1.39. The summed E-state index contributed by atoms with van der Waals surface area (Å²) in [6.45, 7) is 10.7. The third kappa shape index (κ3) is 8.35. The predicted octanol–water partition coefficient (Wildman–Crippen LogP) is 5.56. The van der Waals surface area contributed by atoms with E-state index in [-0.39, 0.29) is 23.7 Å². The molecule has 4 rings (SSSR count). The topological polar surface area (TPSA) is 91.6 Å². The maximum absolute atomic E-state index is 13.1. The number of carbonyl (C=O) groups excluding carboxylic acids is 1. The average molecular weight is 620 g/mol. The number of amides is 2. The molecule has 11 heteroatoms. The van der Waals surface area contributed by atoms with Gasteiger partial charge in [0.1, 0.15) is 5.75 Å². The summed E-state index contributed by atoms with van der Waals surface area (Å²) in [4.78, 5) is 23.7. The van der Waals surface area contributed by atoms with Crippen LogP contribution in [0.3, 0.4) is 0 Å². The van der Waals surface area contributed by atoms with Crippen LogP contribution in [0, 0.1) is 0 Å². The molecule has 8 nitrogen and oxygen atoms in total. The molecule has 1 aromatic carbocycles. The average Bonchev–Trinajstić information content (AvgIpc) is 3.01. The van der Waals surface area contributed by atoms with Crippen LogP contribution in [-0.2, 0) is 6.18 Å². The zero-order valence-electron chi connectivity index (χ0n) is 26.5. The third-order valence-electron chi connectivity index (χ3n) is 9.33. The van der Waals surface area contributed by atoms with Crippen LogP contribution in [0.25, 0.3) is 0 Å². The zero-order chi connectivity index (χ0) is 32.0. The van der Waals surface area contributed by atoms with E-state index in [9.17, 15) is 28.2 Å². The van der Waals surface area contributed by atoms with E-state index in [1.54, 1.807) is 7.05 Å². The first-order chi connectivity index (χ1) is 20.9. The monoisotopic (exact) mass is 619 g/mol. The first kappa shape index (κ1) is 33.8. The maximum Gasteiger partial charge on any atom is 0.416 e. The molecule has 3 N–H and O–H groups in total. The van der Waals surface area contributed by atoms with Crippen molar-refractivity contribution in [2.45, 2.75) is 90.1 Å². The smallest absolute Gasteiger partial charge is 0.416 e. The number of nitrogens with one attached hydrogen (secondary N) is 1. The lowest BCUT2D eigenvalue weighted by atomic mass is 9.96. The molecule has 1 atom stereocenters. The molecule has 0 radical (unpaired) electrons. The number of rotatable bonds is 7. The van der Waals surface area contributed by atoms with Gasteiger partial charge in [-0.1, -0.05) is 12.5 Å². The number of aliphatic hydroxyl groups excluding tert-OH is 1. The Bertz CT molecular complexity index is 1250. The number of nitrogens with zero attached hydrogens (tertiary/aromatic N) is 4. The summed E-state index contributed by atoms with van der Waals surface area (Å²) in [7, 11) is 1.57. The molecule has 0 aliphatic carbocycles. The van der Waals surface area contributed by atoms with Crippen LogP contribution in [-0.4, -0.2) is 101 Å². The number of allylic oxidation sites excluding steroid dienone is 3. The minimum absolute atomic E-state index is 0.0973. The van der Waals surface area contributed by atoms with Crippen LogP contribution in [0.15, 0.2) is 46.1 Å². The molecule has 1 aromatic rings. The summed E-state index contributed by atoms with van der Waals surface area (Å²) < 4.78 is 39.4. The highest BCUT2D eigenvalue weighted by Crippen LogP contribution is 2.34. The summed E-state index contributed by atoms with van der Waals surface area (Å²) in [6.07, 6.45) is 3.25. The lowest BCUT2D eigenvalue weighted by Gasteiger charge is -2.44. The fraction of sp³-hybridized carbons (Fsp3) is 0.636. The van der Waals surface area contributed by atoms with Gasteiger partial charge in [0.15, 0.2) is 0 Å². The largest absolute Gasteiger partial charge is 0.507 e. The summed E-state index contributed by atoms with van der Waals surface area (Å²) in [5, 5.41) is 24.0. The van der Waals surface area contributed by atoms with Crippen LogP contribution >= 0.6 is 0 Å². The van der Waals surface area contributed by atoms with Crippen molar-refractivity contribution < 1.29 is 28.2 Å². The van der Waals surface area contributed by atoms with Gasteiger partial charge in [-0.15, -0.1) is 0 Å². The molecule has 3 fully saturated rings. The molecule has 3 aliphatic heterocycles. The minimum Gasteiger partial charge on any atom is -0.507 e. The maximum atomic E-state index is 13.1. The summed E-state index contributed by atoms with van der Waals surface area (Å²) in [6, 6.07) is 3.73. The number of halogens is 3. The van der Waals surface area contributed by atoms with Crippen LogP contribution in [0.5, 0.6) is 5.75 Å². The molecule has 0 aromatic heterocycles. The van der Waals surface area contributed by atoms with Crippen molar-refractivity contribution in [3.8, 4) is 5.75 Å². The van der Waals surface area contributed by atoms with E-state index in [2.05, 4.69) is 29.1 Å². The Labute approximate surface area is 259 Å². The SMILES string of the molecule is CC/C(C)=C(/C=C(/C)C(=NC)c1ccc(C(F)(F)F)cc1O)NC1CCCN(C2CCN(C(=O)N3CCC(O)CC3)CC2)C1. The molecule has 0 saturated carbocycles. The van der Waals surface area contributed by atoms with E-state index < -0.39 is 17.5 Å². The molecule has 3 aliphatic rings. The van der Waals surface area contributed by atoms with Crippen LogP contribution in [0.4, 0.5) is 18.0 Å². The molecule has 3 saturated heterocycles. The number of alkyl halides is 3. The second-order valence-corrected chi connectivity index (χ2v) is 12.4. The molecule has 0 spiro atoms. The van der Waals surface area contributed by atoms with Gasteiger partial charge in [0.2, 0.25) is 0 Å². The number of phenols is 1. The number of likely N-dealkylation sites (tertiary alicyclic amines) is 3. The van der Waals surface area contributed by atoms with Gasteiger partial charge in [-0.25, -0.2) is 4.79 Å². The summed E-state index contributed by atoms with van der Waals surface area (Å²) in [5.74, 6) is -0.454. The van der Waals surface area contributed by atoms with Crippen molar-refractivity contribution in [1.82, 2.24) is 20.0 Å². The van der Waals surface area contributed by atoms with E-state index in [0.717, 1.165) is 87.3 Å². The Morgan fingerprint density at radius 3 is 2.25 bits per heavy atom. The molecule has 0 bridgehead atoms. The number of phenolic OH excluding ortho intramolecular Hbond substituents is 1. The van der Waals surface area contributed by atoms with Gasteiger partial charge < -0.3 is 25.3 Å². The first-order valence-electron chi connectivity index (χ1n) is 15.9. The van der Waals surface area contributed by atoms with Gasteiger partial charge in [0.05, 0.1) is 17.4 Å². The highest BCUT2D eigenvalue weighted by Gasteiger charge is 2.33. The quantitative estimate of drug-likeness (QED) is 0.275. The van der Waals surface area contributed by atoms with Gasteiger partial charge in [-0.3, -0.25) is 9.89 Å². The Morgan fingerprint density at radius 2 is 1.68 bits per heavy atom. The van der Waals surface area contributed by atoms with Crippen LogP contribution < -0.4 is 5.32 Å². The lowest BCUT2D eigenvalue weighted by molar-refractivity contribution is -0.137. The van der Waals surface area contributed by atoms with Crippen molar-refractivity contribution in [2.24, 2.45) is 4.99 Å². The fourth-order valence-corrected chi connectivity index (χ4v) is 6.54. The number of urea groups is 1. The van der Waals surface area contributed by atoms with Crippen LogP contribution in [0.2, 0.25) is 0 Å². The standard InChI is InChI=1S/C33H48F3N5O3/c1-5-22(2)29(19-23(3)31(37-4)28-9-8-24(20-30(28)43)33(34,35)36)38-25-7-6-14-41(21-25)26-10-15-39(16-11-26)32(44)40-17-12-27(42)13-18-40/h8-9,19-20,25-27,38,42-43H,5-7,10-18,21H2,1-4H3/b23-19-,29-22-,37-31?. The van der Waals surface area contributed by atoms with E-state index in [0.29, 0.717) is 37.7 Å². The summed E-state index contributed by atoms with van der Waals surface area (Å²) in [5.41, 5.74) is 2.66. The van der Waals surface area contributed by atoms with Crippen molar-refractivity contribution in [3.05, 3.63) is 52.2 Å². The number of piperidine rings is 3. The van der Waals surface area contributed by atoms with Crippen molar-refractivity contribution in [2.75, 3.05) is 46.3 Å². The Hall–Kier alpha value is -3.05. The zero-order valence-corrected chi connectivity index (χ0v) is 26.5. The van der Waals surface area contributed by atoms with E-state index in [1.807, 2.05) is 22.8 Å². The van der Waals surface area contributed by atoms with E-state index >= 15 is 0 Å². The van der Waals surface area contributed by atoms with Crippen molar-refractivity contribution >= 4 is 11.7 Å². The number of aliphatic imine (C=N–C) groups is 1. The van der Waals surface area contributed by atoms with Gasteiger partial charge in [0, 0.05) is 63.1 Å². The second-order valence-electron chi connectivity index (χ2n) is 12.4. The normalized spacial score (nSPS) is 22.7. The number of aliphatic hydroxyl groups is 1. The van der Waals surface area contributed by atoms with Crippen LogP contribution in [0.1, 0.15) is 76.8 Å². The van der Waals surface area contributed by atoms with Gasteiger partial charge in [0.25, 0.3) is 0 Å². The number of benzene rings is 1. The molecule has 44 heavy (non-hydrogen) atoms. The number of hydrogen-bond donors (Lipinski definition) is 3. The van der Waals surface area contributed by atoms with Gasteiger partial charge >= 0.3 is 12.2 Å². The second kappa shape index (κ2) is 14.8. The molecule has 1 unspecified atom stereocenters. The molecule has 244 valence electrons. The lowest BCUT2D eigenvalue weighted by Crippen LogP contribution is -2.55. The van der Waals surface area contributed by atoms with Crippen molar-refractivity contribution in [1.29, 1.82) is 0 Å². The van der Waals surface area contributed by atoms with Gasteiger partial charge in [-0.05, 0) is 95.2 Å². The summed E-state index contributed by atoms with van der Waals surface area (Å²) >= 11 is 0. The van der Waals surface area contributed by atoms with Gasteiger partial charge in [-0.2, -0.15) is 13.2 Å².